The van der Waals surface area contributed by atoms with Crippen LogP contribution in [0, 0.1) is 13.8 Å². The van der Waals surface area contributed by atoms with Gasteiger partial charge in [0.15, 0.2) is 0 Å². The summed E-state index contributed by atoms with van der Waals surface area (Å²) >= 11 is 0. The van der Waals surface area contributed by atoms with Gasteiger partial charge in [-0.05, 0) is 74.2 Å². The van der Waals surface area contributed by atoms with Crippen molar-refractivity contribution in [3.8, 4) is 45.5 Å². The molecule has 4 rings (SSSR count). The third-order valence-corrected chi connectivity index (χ3v) is 6.95. The van der Waals surface area contributed by atoms with Gasteiger partial charge in [-0.1, -0.05) is 82.2 Å². The molecular weight excluding hydrogens is 484 g/mol. The van der Waals surface area contributed by atoms with Crippen molar-refractivity contribution >= 4 is 0 Å². The van der Waals surface area contributed by atoms with Crippen molar-refractivity contribution in [1.82, 2.24) is 10.2 Å². The second-order valence-electron chi connectivity index (χ2n) is 10.3. The van der Waals surface area contributed by atoms with E-state index in [1.807, 2.05) is 36.4 Å². The Kier molecular flexibility index (Phi) is 10.6. The summed E-state index contributed by atoms with van der Waals surface area (Å²) in [5.41, 5.74) is 6.20. The van der Waals surface area contributed by atoms with Crippen LogP contribution in [0.1, 0.15) is 76.3 Å². The smallest absolute Gasteiger partial charge is 0.248 e. The summed E-state index contributed by atoms with van der Waals surface area (Å²) < 4.78 is 18.5. The molecular formula is C34H42N2O3. The third kappa shape index (κ3) is 7.95. The number of hydrogen-bond donors (Lipinski definition) is 0. The van der Waals surface area contributed by atoms with Gasteiger partial charge in [0.05, 0.1) is 13.2 Å². The number of unbranched alkanes of at least 4 members (excludes halogenated alkanes) is 6. The molecule has 0 N–H and O–H groups in total. The minimum atomic E-state index is 0.504. The Bertz CT molecular complexity index is 1290. The Hall–Kier alpha value is -3.60. The Morgan fingerprint density at radius 3 is 1.67 bits per heavy atom. The maximum absolute atomic E-state index is 6.31. The van der Waals surface area contributed by atoms with Crippen LogP contribution in [-0.2, 0) is 0 Å². The monoisotopic (exact) mass is 526 g/mol. The lowest BCUT2D eigenvalue weighted by molar-refractivity contribution is 0.296. The lowest BCUT2D eigenvalue weighted by Gasteiger charge is -2.17. The van der Waals surface area contributed by atoms with Crippen LogP contribution >= 0.6 is 0 Å². The van der Waals surface area contributed by atoms with Crippen molar-refractivity contribution in [1.29, 1.82) is 0 Å². The highest BCUT2D eigenvalue weighted by molar-refractivity contribution is 5.75. The van der Waals surface area contributed by atoms with Crippen molar-refractivity contribution in [3.63, 3.8) is 0 Å². The van der Waals surface area contributed by atoms with Gasteiger partial charge in [-0.2, -0.15) is 0 Å². The second kappa shape index (κ2) is 14.5. The summed E-state index contributed by atoms with van der Waals surface area (Å²) in [5.74, 6) is 2.84. The largest absolute Gasteiger partial charge is 0.493 e. The van der Waals surface area contributed by atoms with E-state index in [4.69, 9.17) is 13.9 Å². The fraction of sp³-hybridized carbons (Fsp3) is 0.412. The third-order valence-electron chi connectivity index (χ3n) is 6.95. The number of aryl methyl sites for hydroxylation is 2. The topological polar surface area (TPSA) is 57.4 Å². The lowest BCUT2D eigenvalue weighted by atomic mass is 10.0. The molecule has 39 heavy (non-hydrogen) atoms. The van der Waals surface area contributed by atoms with Crippen molar-refractivity contribution in [3.05, 3.63) is 71.8 Å². The van der Waals surface area contributed by atoms with E-state index in [1.54, 1.807) is 0 Å². The zero-order valence-corrected chi connectivity index (χ0v) is 24.0. The van der Waals surface area contributed by atoms with Gasteiger partial charge in [-0.3, -0.25) is 0 Å². The molecule has 0 atom stereocenters. The zero-order chi connectivity index (χ0) is 27.5. The summed E-state index contributed by atoms with van der Waals surface area (Å²) in [6.07, 6.45) is 9.44. The lowest BCUT2D eigenvalue weighted by Crippen LogP contribution is -2.02. The Morgan fingerprint density at radius 2 is 1.10 bits per heavy atom. The highest BCUT2D eigenvalue weighted by atomic mass is 16.5. The second-order valence-corrected chi connectivity index (χ2v) is 10.3. The average molecular weight is 527 g/mol. The molecule has 206 valence electrons. The van der Waals surface area contributed by atoms with E-state index >= 15 is 0 Å². The summed E-state index contributed by atoms with van der Waals surface area (Å²) in [6, 6.07) is 20.6. The van der Waals surface area contributed by atoms with Crippen LogP contribution in [0.2, 0.25) is 0 Å². The van der Waals surface area contributed by atoms with Crippen molar-refractivity contribution < 1.29 is 13.9 Å². The Balaban J connectivity index is 1.54. The Morgan fingerprint density at radius 1 is 0.590 bits per heavy atom. The van der Waals surface area contributed by atoms with E-state index in [2.05, 4.69) is 62.2 Å². The van der Waals surface area contributed by atoms with Gasteiger partial charge in [0.1, 0.15) is 11.5 Å². The Labute approximate surface area is 233 Å². The summed E-state index contributed by atoms with van der Waals surface area (Å²) in [7, 11) is 0. The zero-order valence-electron chi connectivity index (χ0n) is 24.0. The van der Waals surface area contributed by atoms with E-state index in [-0.39, 0.29) is 0 Å². The number of ether oxygens (including phenoxy) is 2. The first-order chi connectivity index (χ1) is 19.1. The van der Waals surface area contributed by atoms with E-state index in [0.717, 1.165) is 58.8 Å². The van der Waals surface area contributed by atoms with Crippen molar-refractivity contribution in [2.45, 2.75) is 79.1 Å². The SMILES string of the molecule is CCCCCCOc1cc(-c2ccc(-c3nnc(-c4ccc(C)cc4)o3)cc2)c(OCCCCCC)cc1C. The van der Waals surface area contributed by atoms with Crippen LogP contribution in [0.3, 0.4) is 0 Å². The minimum absolute atomic E-state index is 0.504. The molecule has 3 aromatic carbocycles. The summed E-state index contributed by atoms with van der Waals surface area (Å²) in [6.45, 7) is 10.1. The van der Waals surface area contributed by atoms with Crippen LogP contribution in [0.15, 0.2) is 65.1 Å². The number of rotatable bonds is 15. The van der Waals surface area contributed by atoms with Crippen LogP contribution in [0.5, 0.6) is 11.5 Å². The van der Waals surface area contributed by atoms with Gasteiger partial charge in [-0.15, -0.1) is 10.2 Å². The molecule has 4 aromatic rings. The molecule has 5 heteroatoms. The number of benzene rings is 3. The van der Waals surface area contributed by atoms with Crippen LogP contribution in [-0.4, -0.2) is 23.4 Å². The highest BCUT2D eigenvalue weighted by Gasteiger charge is 2.15. The standard InChI is InChI=1S/C34H42N2O3/c1-5-7-9-11-21-37-31-24-30(32(23-26(31)4)38-22-12-10-8-6-2)27-17-19-29(20-18-27)34-36-35-33(39-34)28-15-13-25(3)14-16-28/h13-20,23-24H,5-12,21-22H2,1-4H3. The fourth-order valence-corrected chi connectivity index (χ4v) is 4.53. The van der Waals surface area contributed by atoms with Crippen LogP contribution in [0.4, 0.5) is 0 Å². The van der Waals surface area contributed by atoms with E-state index in [9.17, 15) is 0 Å². The molecule has 5 nitrogen and oxygen atoms in total. The van der Waals surface area contributed by atoms with Gasteiger partial charge in [0.25, 0.3) is 0 Å². The van der Waals surface area contributed by atoms with Crippen molar-refractivity contribution in [2.75, 3.05) is 13.2 Å². The molecule has 0 radical (unpaired) electrons. The molecule has 0 aliphatic carbocycles. The predicted octanol–water partition coefficient (Wildman–Crippen LogP) is 9.61. The summed E-state index contributed by atoms with van der Waals surface area (Å²) in [4.78, 5) is 0. The van der Waals surface area contributed by atoms with Crippen LogP contribution < -0.4 is 9.47 Å². The molecule has 0 aliphatic heterocycles. The van der Waals surface area contributed by atoms with Gasteiger partial charge >= 0.3 is 0 Å². The molecule has 1 heterocycles. The number of aromatic nitrogens is 2. The van der Waals surface area contributed by atoms with Gasteiger partial charge in [-0.25, -0.2) is 0 Å². The van der Waals surface area contributed by atoms with E-state index in [1.165, 1.54) is 44.1 Å². The molecule has 0 saturated heterocycles. The normalized spacial score (nSPS) is 11.1. The molecule has 0 saturated carbocycles. The van der Waals surface area contributed by atoms with Crippen LogP contribution in [0.25, 0.3) is 34.0 Å². The molecule has 0 amide bonds. The van der Waals surface area contributed by atoms with Crippen molar-refractivity contribution in [2.24, 2.45) is 0 Å². The van der Waals surface area contributed by atoms with Gasteiger partial charge < -0.3 is 13.9 Å². The highest BCUT2D eigenvalue weighted by Crippen LogP contribution is 2.37. The first-order valence-corrected chi connectivity index (χ1v) is 14.5. The average Bonchev–Trinajstić information content (AvgIpc) is 3.45. The number of nitrogens with zero attached hydrogens (tertiary/aromatic N) is 2. The van der Waals surface area contributed by atoms with E-state index < -0.39 is 0 Å². The first-order valence-electron chi connectivity index (χ1n) is 14.5. The van der Waals surface area contributed by atoms with E-state index in [0.29, 0.717) is 18.4 Å². The quantitative estimate of drug-likeness (QED) is 0.144. The predicted molar refractivity (Wildman–Crippen MR) is 159 cm³/mol. The maximum Gasteiger partial charge on any atom is 0.248 e. The fourth-order valence-electron chi connectivity index (χ4n) is 4.53. The molecule has 0 bridgehead atoms. The first kappa shape index (κ1) is 28.4. The molecule has 0 fully saturated rings. The maximum atomic E-state index is 6.31. The molecule has 0 unspecified atom stereocenters. The number of hydrogen-bond acceptors (Lipinski definition) is 5. The van der Waals surface area contributed by atoms with Gasteiger partial charge in [0.2, 0.25) is 11.8 Å². The minimum Gasteiger partial charge on any atom is -0.493 e. The van der Waals surface area contributed by atoms with Gasteiger partial charge in [0, 0.05) is 16.7 Å². The molecule has 0 aliphatic rings. The summed E-state index contributed by atoms with van der Waals surface area (Å²) in [5, 5.41) is 8.55. The molecule has 0 spiro atoms. The molecule has 1 aromatic heterocycles.